The lowest BCUT2D eigenvalue weighted by atomic mass is 10.2. The van der Waals surface area contributed by atoms with Crippen molar-refractivity contribution in [2.45, 2.75) is 18.7 Å². The molecule has 0 aliphatic carbocycles. The van der Waals surface area contributed by atoms with Crippen molar-refractivity contribution in [1.82, 2.24) is 24.2 Å². The SMILES string of the molecule is CC(=NNc1cc(NN=C(C)c2ccncc2)nc(Nc2cccc(S(=O)(=O)N(C)C)c2)n1)c1ccncc1. The van der Waals surface area contributed by atoms with Crippen LogP contribution >= 0.6 is 0 Å². The van der Waals surface area contributed by atoms with Gasteiger partial charge in [-0.25, -0.2) is 12.7 Å². The first-order valence-electron chi connectivity index (χ1n) is 11.8. The number of sulfonamides is 1. The molecule has 0 unspecified atom stereocenters. The van der Waals surface area contributed by atoms with E-state index >= 15 is 0 Å². The molecule has 0 aliphatic rings. The Morgan fingerprint density at radius 2 is 1.28 bits per heavy atom. The average molecular weight is 545 g/mol. The third kappa shape index (κ3) is 7.18. The van der Waals surface area contributed by atoms with Gasteiger partial charge in [-0.2, -0.15) is 20.2 Å². The Labute approximate surface area is 227 Å². The molecule has 4 aromatic rings. The second kappa shape index (κ2) is 12.2. The van der Waals surface area contributed by atoms with Crippen LogP contribution in [0.15, 0.2) is 94.5 Å². The zero-order chi connectivity index (χ0) is 27.8. The first kappa shape index (κ1) is 27.3. The second-order valence-electron chi connectivity index (χ2n) is 8.49. The fourth-order valence-corrected chi connectivity index (χ4v) is 4.24. The predicted octanol–water partition coefficient (Wildman–Crippen LogP) is 3.93. The lowest BCUT2D eigenvalue weighted by molar-refractivity contribution is 0.521. The molecule has 1 aromatic carbocycles. The van der Waals surface area contributed by atoms with Crippen LogP contribution in [-0.4, -0.2) is 58.2 Å². The van der Waals surface area contributed by atoms with Gasteiger partial charge in [-0.15, -0.1) is 0 Å². The van der Waals surface area contributed by atoms with E-state index in [4.69, 9.17) is 0 Å². The number of hydrazone groups is 2. The molecule has 0 fully saturated rings. The minimum Gasteiger partial charge on any atom is -0.324 e. The van der Waals surface area contributed by atoms with Gasteiger partial charge in [-0.05, 0) is 56.3 Å². The van der Waals surface area contributed by atoms with E-state index in [1.807, 2.05) is 38.1 Å². The molecule has 0 amide bonds. The summed E-state index contributed by atoms with van der Waals surface area (Å²) in [7, 11) is -0.652. The number of pyridine rings is 2. The second-order valence-corrected chi connectivity index (χ2v) is 10.6. The summed E-state index contributed by atoms with van der Waals surface area (Å²) < 4.78 is 26.3. The van der Waals surface area contributed by atoms with Crippen LogP contribution in [0.4, 0.5) is 23.3 Å². The van der Waals surface area contributed by atoms with Gasteiger partial charge in [0.25, 0.3) is 0 Å². The Hall–Kier alpha value is -4.75. The van der Waals surface area contributed by atoms with Crippen molar-refractivity contribution in [3.63, 3.8) is 0 Å². The maximum absolute atomic E-state index is 12.6. The molecule has 3 heterocycles. The number of nitrogens with zero attached hydrogens (tertiary/aromatic N) is 7. The third-order valence-corrected chi connectivity index (χ3v) is 7.28. The highest BCUT2D eigenvalue weighted by atomic mass is 32.2. The van der Waals surface area contributed by atoms with Gasteiger partial charge in [-0.1, -0.05) is 6.07 Å². The Kier molecular flexibility index (Phi) is 8.53. The van der Waals surface area contributed by atoms with Crippen LogP contribution in [0, 0.1) is 0 Å². The normalized spacial score (nSPS) is 12.3. The molecule has 39 heavy (non-hydrogen) atoms. The van der Waals surface area contributed by atoms with Crippen LogP contribution in [0.25, 0.3) is 0 Å². The molecular formula is C26H28N10O2S. The van der Waals surface area contributed by atoms with Crippen molar-refractivity contribution < 1.29 is 8.42 Å². The summed E-state index contributed by atoms with van der Waals surface area (Å²) in [5, 5.41) is 11.9. The first-order chi connectivity index (χ1) is 18.7. The summed E-state index contributed by atoms with van der Waals surface area (Å²) in [5.41, 5.74) is 9.67. The topological polar surface area (TPSA) is 150 Å². The van der Waals surface area contributed by atoms with Gasteiger partial charge in [0.1, 0.15) is 0 Å². The zero-order valence-electron chi connectivity index (χ0n) is 21.9. The number of hydrogen-bond acceptors (Lipinski definition) is 11. The van der Waals surface area contributed by atoms with Gasteiger partial charge in [0.05, 0.1) is 16.3 Å². The quantitative estimate of drug-likeness (QED) is 0.199. The minimum absolute atomic E-state index is 0.139. The zero-order valence-corrected chi connectivity index (χ0v) is 22.7. The van der Waals surface area contributed by atoms with Crippen LogP contribution in [0.3, 0.4) is 0 Å². The van der Waals surface area contributed by atoms with E-state index in [2.05, 4.69) is 46.3 Å². The molecule has 3 aromatic heterocycles. The number of benzene rings is 1. The molecule has 0 atom stereocenters. The van der Waals surface area contributed by atoms with Crippen molar-refractivity contribution >= 4 is 44.7 Å². The molecule has 0 saturated carbocycles. The van der Waals surface area contributed by atoms with Crippen LogP contribution in [0.5, 0.6) is 0 Å². The highest BCUT2D eigenvalue weighted by Gasteiger charge is 2.17. The van der Waals surface area contributed by atoms with Crippen molar-refractivity contribution in [1.29, 1.82) is 0 Å². The van der Waals surface area contributed by atoms with Crippen LogP contribution < -0.4 is 16.2 Å². The summed E-state index contributed by atoms with van der Waals surface area (Å²) in [6.07, 6.45) is 6.77. The monoisotopic (exact) mass is 544 g/mol. The minimum atomic E-state index is -3.61. The number of aromatic nitrogens is 4. The van der Waals surface area contributed by atoms with E-state index in [9.17, 15) is 8.42 Å². The van der Waals surface area contributed by atoms with E-state index < -0.39 is 10.0 Å². The van der Waals surface area contributed by atoms with E-state index in [1.54, 1.807) is 43.0 Å². The first-order valence-corrected chi connectivity index (χ1v) is 13.3. The molecule has 4 rings (SSSR count). The molecule has 12 nitrogen and oxygen atoms in total. The van der Waals surface area contributed by atoms with Crippen molar-refractivity contribution in [2.24, 2.45) is 10.2 Å². The highest BCUT2D eigenvalue weighted by Crippen LogP contribution is 2.22. The van der Waals surface area contributed by atoms with E-state index in [1.165, 1.54) is 26.2 Å². The van der Waals surface area contributed by atoms with Gasteiger partial charge in [0.15, 0.2) is 11.6 Å². The molecule has 0 spiro atoms. The van der Waals surface area contributed by atoms with Crippen molar-refractivity contribution in [3.8, 4) is 0 Å². The molecule has 0 aliphatic heterocycles. The third-order valence-electron chi connectivity index (χ3n) is 5.47. The largest absolute Gasteiger partial charge is 0.324 e. The molecule has 3 N–H and O–H groups in total. The van der Waals surface area contributed by atoms with Crippen LogP contribution in [-0.2, 0) is 10.0 Å². The molecule has 0 radical (unpaired) electrons. The summed E-state index contributed by atoms with van der Waals surface area (Å²) >= 11 is 0. The van der Waals surface area contributed by atoms with Crippen LogP contribution in [0.2, 0.25) is 0 Å². The number of rotatable bonds is 10. The van der Waals surface area contributed by atoms with Gasteiger partial charge in [0, 0.05) is 61.8 Å². The predicted molar refractivity (Wildman–Crippen MR) is 153 cm³/mol. The maximum atomic E-state index is 12.6. The van der Waals surface area contributed by atoms with E-state index in [0.29, 0.717) is 17.3 Å². The number of hydrogen-bond donors (Lipinski definition) is 3. The molecule has 13 heteroatoms. The molecule has 200 valence electrons. The lowest BCUT2D eigenvalue weighted by Crippen LogP contribution is -2.22. The Morgan fingerprint density at radius 1 is 0.769 bits per heavy atom. The molecular weight excluding hydrogens is 516 g/mol. The van der Waals surface area contributed by atoms with Crippen molar-refractivity contribution in [2.75, 3.05) is 30.3 Å². The smallest absolute Gasteiger partial charge is 0.242 e. The van der Waals surface area contributed by atoms with E-state index in [0.717, 1.165) is 26.9 Å². The molecule has 0 bridgehead atoms. The van der Waals surface area contributed by atoms with Gasteiger partial charge < -0.3 is 5.32 Å². The fourth-order valence-electron chi connectivity index (χ4n) is 3.29. The standard InChI is InChI=1S/C26H28N10O2S/c1-18(20-8-12-27-13-9-20)32-34-24-17-25(35-33-19(2)21-10-14-28-15-11-21)31-26(30-24)29-22-6-5-7-23(16-22)39(37,38)36(3)4/h5-17H,1-4H3,(H3,29,30,31,34,35). The van der Waals surface area contributed by atoms with E-state index in [-0.39, 0.29) is 10.8 Å². The summed E-state index contributed by atoms with van der Waals surface area (Å²) in [6.45, 7) is 3.72. The average Bonchev–Trinajstić information content (AvgIpc) is 2.95. The van der Waals surface area contributed by atoms with Crippen LogP contribution in [0.1, 0.15) is 25.0 Å². The number of anilines is 4. The lowest BCUT2D eigenvalue weighted by Gasteiger charge is -2.13. The highest BCUT2D eigenvalue weighted by molar-refractivity contribution is 7.89. The van der Waals surface area contributed by atoms with Crippen molar-refractivity contribution in [3.05, 3.63) is 90.5 Å². The van der Waals surface area contributed by atoms with Gasteiger partial charge in [-0.3, -0.25) is 20.8 Å². The maximum Gasteiger partial charge on any atom is 0.242 e. The summed E-state index contributed by atoms with van der Waals surface area (Å²) in [5.74, 6) is 0.977. The van der Waals surface area contributed by atoms with Gasteiger partial charge >= 0.3 is 0 Å². The van der Waals surface area contributed by atoms with Gasteiger partial charge in [0.2, 0.25) is 16.0 Å². The Balaban J connectivity index is 1.64. The summed E-state index contributed by atoms with van der Waals surface area (Å²) in [4.78, 5) is 17.2. The number of nitrogens with one attached hydrogen (secondary N) is 3. The Bertz CT molecular complexity index is 1520. The molecule has 0 saturated heterocycles. The fraction of sp³-hybridized carbons (Fsp3) is 0.154. The Morgan fingerprint density at radius 3 is 1.77 bits per heavy atom. The summed E-state index contributed by atoms with van der Waals surface area (Å²) in [6, 6.07) is 15.5.